The zero-order valence-corrected chi connectivity index (χ0v) is 16.8. The van der Waals surface area contributed by atoms with E-state index >= 15 is 0 Å². The lowest BCUT2D eigenvalue weighted by atomic mass is 10.1. The molecule has 1 saturated carbocycles. The number of rotatable bonds is 4. The number of carbonyl (C=O) groups excluding carboxylic acids is 1. The number of nitrogens with one attached hydrogen (secondary N) is 2. The summed E-state index contributed by atoms with van der Waals surface area (Å²) in [4.78, 5) is 16.1. The second-order valence-electron chi connectivity index (χ2n) is 8.75. The molecule has 1 aromatic carbocycles. The van der Waals surface area contributed by atoms with Crippen LogP contribution in [0.5, 0.6) is 0 Å². The minimum atomic E-state index is -0.120. The maximum atomic E-state index is 12.7. The highest BCUT2D eigenvalue weighted by atomic mass is 16.1. The van der Waals surface area contributed by atoms with Crippen LogP contribution in [0.4, 0.5) is 0 Å². The van der Waals surface area contributed by atoms with Crippen LogP contribution in [0.1, 0.15) is 72.5 Å². The summed E-state index contributed by atoms with van der Waals surface area (Å²) in [5.41, 5.74) is 6.26. The first-order chi connectivity index (χ1) is 12.7. The molecule has 5 heteroatoms. The number of aromatic amines is 1. The van der Waals surface area contributed by atoms with Gasteiger partial charge in [-0.15, -0.1) is 0 Å². The van der Waals surface area contributed by atoms with Gasteiger partial charge < -0.3 is 10.3 Å². The highest BCUT2D eigenvalue weighted by Gasteiger charge is 2.32. The maximum Gasteiger partial charge on any atom is 0.272 e. The van der Waals surface area contributed by atoms with Crippen molar-refractivity contribution in [2.75, 3.05) is 0 Å². The zero-order chi connectivity index (χ0) is 19.3. The molecule has 1 aliphatic rings. The Labute approximate surface area is 160 Å². The third-order valence-corrected chi connectivity index (χ3v) is 5.43. The first kappa shape index (κ1) is 17.8. The normalized spacial score (nSPS) is 14.7. The molecule has 1 fully saturated rings. The lowest BCUT2D eigenvalue weighted by molar-refractivity contribution is 0.0944. The second kappa shape index (κ2) is 6.25. The molecule has 0 radical (unpaired) electrons. The molecule has 142 valence electrons. The van der Waals surface area contributed by atoms with Gasteiger partial charge in [-0.1, -0.05) is 6.07 Å². The van der Waals surface area contributed by atoms with E-state index in [-0.39, 0.29) is 11.4 Å². The number of aryl methyl sites for hydroxylation is 2. The molecular formula is C22H28N4O. The number of nitrogens with zero attached hydrogens (tertiary/aromatic N) is 2. The van der Waals surface area contributed by atoms with Gasteiger partial charge >= 0.3 is 0 Å². The fourth-order valence-electron chi connectivity index (χ4n) is 3.60. The molecule has 2 N–H and O–H groups in total. The van der Waals surface area contributed by atoms with Crippen LogP contribution >= 0.6 is 0 Å². The first-order valence-corrected chi connectivity index (χ1v) is 9.70. The summed E-state index contributed by atoms with van der Waals surface area (Å²) in [7, 11) is 0. The highest BCUT2D eigenvalue weighted by molar-refractivity contribution is 5.92. The Morgan fingerprint density at radius 2 is 2.00 bits per heavy atom. The summed E-state index contributed by atoms with van der Waals surface area (Å²) < 4.78 is 2.03. The van der Waals surface area contributed by atoms with Gasteiger partial charge in [0.05, 0.1) is 5.54 Å². The van der Waals surface area contributed by atoms with E-state index in [0.29, 0.717) is 18.2 Å². The Morgan fingerprint density at radius 1 is 1.26 bits per heavy atom. The summed E-state index contributed by atoms with van der Waals surface area (Å²) in [6, 6.07) is 8.26. The van der Waals surface area contributed by atoms with Crippen LogP contribution in [0.25, 0.3) is 10.9 Å². The van der Waals surface area contributed by atoms with Gasteiger partial charge in [0.2, 0.25) is 0 Å². The van der Waals surface area contributed by atoms with E-state index < -0.39 is 0 Å². The van der Waals surface area contributed by atoms with E-state index in [1.54, 1.807) is 0 Å². The van der Waals surface area contributed by atoms with Crippen LogP contribution in [0, 0.1) is 13.8 Å². The fraction of sp³-hybridized carbons (Fsp3) is 0.455. The van der Waals surface area contributed by atoms with Crippen molar-refractivity contribution in [3.8, 4) is 0 Å². The number of hydrogen-bond acceptors (Lipinski definition) is 2. The Hall–Kier alpha value is -2.56. The molecule has 0 spiro atoms. The van der Waals surface area contributed by atoms with Gasteiger partial charge in [0.25, 0.3) is 5.91 Å². The number of H-pyrrole nitrogens is 1. The molecule has 4 rings (SSSR count). The maximum absolute atomic E-state index is 12.7. The predicted molar refractivity (Wildman–Crippen MR) is 108 cm³/mol. The van der Waals surface area contributed by atoms with Crippen LogP contribution in [-0.2, 0) is 12.1 Å². The quantitative estimate of drug-likeness (QED) is 0.714. The Morgan fingerprint density at radius 3 is 2.67 bits per heavy atom. The lowest BCUT2D eigenvalue weighted by Gasteiger charge is -2.22. The molecule has 0 unspecified atom stereocenters. The summed E-state index contributed by atoms with van der Waals surface area (Å²) in [5, 5.41) is 8.87. The number of amides is 1. The number of carbonyl (C=O) groups is 1. The second-order valence-corrected chi connectivity index (χ2v) is 8.75. The molecule has 0 aliphatic heterocycles. The van der Waals surface area contributed by atoms with E-state index in [4.69, 9.17) is 0 Å². The van der Waals surface area contributed by atoms with Crippen LogP contribution in [-0.4, -0.2) is 20.7 Å². The highest BCUT2D eigenvalue weighted by Crippen LogP contribution is 2.41. The molecule has 1 amide bonds. The van der Waals surface area contributed by atoms with E-state index in [0.717, 1.165) is 11.1 Å². The smallest absolute Gasteiger partial charge is 0.272 e. The molecule has 0 saturated heterocycles. The molecule has 0 atom stereocenters. The minimum absolute atomic E-state index is 0.109. The third kappa shape index (κ3) is 3.38. The Bertz CT molecular complexity index is 1020. The molecule has 0 bridgehead atoms. The van der Waals surface area contributed by atoms with Crippen LogP contribution in [0.3, 0.4) is 0 Å². The minimum Gasteiger partial charge on any atom is -0.358 e. The van der Waals surface area contributed by atoms with Gasteiger partial charge in [0.1, 0.15) is 5.69 Å². The molecule has 2 aromatic heterocycles. The Kier molecular flexibility index (Phi) is 4.13. The summed E-state index contributed by atoms with van der Waals surface area (Å²) in [6.45, 7) is 11.1. The number of aromatic nitrogens is 3. The fourth-order valence-corrected chi connectivity index (χ4v) is 3.60. The number of hydrogen-bond donors (Lipinski definition) is 2. The van der Waals surface area contributed by atoms with Gasteiger partial charge in [0, 0.05) is 34.8 Å². The van der Waals surface area contributed by atoms with Crippen molar-refractivity contribution < 1.29 is 4.79 Å². The topological polar surface area (TPSA) is 62.7 Å². The molecule has 3 aromatic rings. The van der Waals surface area contributed by atoms with E-state index in [2.05, 4.69) is 68.2 Å². The zero-order valence-electron chi connectivity index (χ0n) is 16.8. The number of fused-ring (bicyclic) bond motifs is 1. The molecule has 27 heavy (non-hydrogen) atoms. The van der Waals surface area contributed by atoms with Crippen molar-refractivity contribution in [1.82, 2.24) is 20.1 Å². The molecule has 5 nitrogen and oxygen atoms in total. The van der Waals surface area contributed by atoms with Crippen molar-refractivity contribution >= 4 is 16.8 Å². The van der Waals surface area contributed by atoms with Crippen molar-refractivity contribution in [1.29, 1.82) is 0 Å². The van der Waals surface area contributed by atoms with Gasteiger partial charge in [0.15, 0.2) is 0 Å². The van der Waals surface area contributed by atoms with Crippen LogP contribution in [0.15, 0.2) is 24.3 Å². The van der Waals surface area contributed by atoms with Crippen molar-refractivity contribution in [2.45, 2.75) is 65.5 Å². The summed E-state index contributed by atoms with van der Waals surface area (Å²) in [5.74, 6) is 0.447. The van der Waals surface area contributed by atoms with E-state index in [1.807, 2.05) is 10.7 Å². The monoisotopic (exact) mass is 364 g/mol. The van der Waals surface area contributed by atoms with Gasteiger partial charge in [-0.2, -0.15) is 5.10 Å². The number of benzene rings is 1. The van der Waals surface area contributed by atoms with Crippen LogP contribution < -0.4 is 5.32 Å². The standard InChI is InChI=1S/C22H28N4O/c1-13-14(2)24-18-9-6-15(10-17(13)18)12-23-21(27)19-11-20(16-7-8-16)26(25-19)22(3,4)5/h6,9-11,16,24H,7-8,12H2,1-5H3,(H,23,27). The largest absolute Gasteiger partial charge is 0.358 e. The SMILES string of the molecule is Cc1[nH]c2ccc(CNC(=O)c3cc(C4CC4)n(C(C)(C)C)n3)cc2c1C. The van der Waals surface area contributed by atoms with Gasteiger partial charge in [-0.25, -0.2) is 0 Å². The first-order valence-electron chi connectivity index (χ1n) is 9.70. The average molecular weight is 364 g/mol. The third-order valence-electron chi connectivity index (χ3n) is 5.43. The van der Waals surface area contributed by atoms with Gasteiger partial charge in [-0.3, -0.25) is 9.48 Å². The lowest BCUT2D eigenvalue weighted by Crippen LogP contribution is -2.27. The molecular weight excluding hydrogens is 336 g/mol. The Balaban J connectivity index is 1.52. The van der Waals surface area contributed by atoms with Crippen molar-refractivity contribution in [2.24, 2.45) is 0 Å². The summed E-state index contributed by atoms with van der Waals surface area (Å²) in [6.07, 6.45) is 2.39. The predicted octanol–water partition coefficient (Wildman–Crippen LogP) is 4.54. The van der Waals surface area contributed by atoms with Gasteiger partial charge in [-0.05, 0) is 76.8 Å². The van der Waals surface area contributed by atoms with Crippen molar-refractivity contribution in [3.63, 3.8) is 0 Å². The molecule has 2 heterocycles. The van der Waals surface area contributed by atoms with E-state index in [9.17, 15) is 4.79 Å². The summed E-state index contributed by atoms with van der Waals surface area (Å²) >= 11 is 0. The molecule has 1 aliphatic carbocycles. The average Bonchev–Trinajstić information content (AvgIpc) is 3.29. The van der Waals surface area contributed by atoms with Crippen molar-refractivity contribution in [3.05, 3.63) is 52.5 Å². The van der Waals surface area contributed by atoms with E-state index in [1.165, 1.54) is 35.2 Å². The van der Waals surface area contributed by atoms with Crippen LogP contribution in [0.2, 0.25) is 0 Å².